The van der Waals surface area contributed by atoms with E-state index in [2.05, 4.69) is 65.7 Å². The van der Waals surface area contributed by atoms with Crippen molar-refractivity contribution in [1.82, 2.24) is 5.32 Å². The molecule has 0 aliphatic carbocycles. The van der Waals surface area contributed by atoms with Gasteiger partial charge in [-0.05, 0) is 55.5 Å². The molecule has 0 bridgehead atoms. The average Bonchev–Trinajstić information content (AvgIpc) is 3.21. The molecule has 2 aromatic rings. The molecule has 0 aromatic heterocycles. The number of guanidine groups is 1. The lowest BCUT2D eigenvalue weighted by Gasteiger charge is -2.37. The Morgan fingerprint density at radius 3 is 2.57 bits per heavy atom. The van der Waals surface area contributed by atoms with E-state index in [0.29, 0.717) is 0 Å². The minimum absolute atomic E-state index is 0. The van der Waals surface area contributed by atoms with Gasteiger partial charge in [-0.1, -0.05) is 30.3 Å². The van der Waals surface area contributed by atoms with Gasteiger partial charge in [-0.25, -0.2) is 0 Å². The van der Waals surface area contributed by atoms with E-state index in [1.54, 1.807) is 7.11 Å². The van der Waals surface area contributed by atoms with Gasteiger partial charge in [-0.15, -0.1) is 24.0 Å². The van der Waals surface area contributed by atoms with Crippen molar-refractivity contribution in [3.63, 3.8) is 0 Å². The van der Waals surface area contributed by atoms with Gasteiger partial charge in [0.05, 0.1) is 13.7 Å². The molecule has 2 aliphatic rings. The van der Waals surface area contributed by atoms with Crippen LogP contribution in [0, 0.1) is 0 Å². The lowest BCUT2D eigenvalue weighted by Crippen LogP contribution is -2.43. The second-order valence-electron chi connectivity index (χ2n) is 7.82. The molecule has 2 heterocycles. The first-order valence-corrected chi connectivity index (χ1v) is 10.6. The molecule has 0 radical (unpaired) electrons. The topological polar surface area (TPSA) is 46.1 Å². The maximum atomic E-state index is 5.69. The zero-order valence-corrected chi connectivity index (χ0v) is 20.2. The highest BCUT2D eigenvalue weighted by Gasteiger charge is 2.35. The van der Waals surface area contributed by atoms with E-state index in [0.717, 1.165) is 63.8 Å². The summed E-state index contributed by atoms with van der Waals surface area (Å²) in [5, 5.41) is 3.52. The first-order valence-electron chi connectivity index (χ1n) is 10.6. The van der Waals surface area contributed by atoms with Gasteiger partial charge in [0.15, 0.2) is 5.96 Å². The molecule has 0 unspecified atom stereocenters. The third kappa shape index (κ3) is 4.75. The molecule has 1 N–H and O–H groups in total. The van der Waals surface area contributed by atoms with E-state index in [1.807, 2.05) is 0 Å². The number of benzene rings is 2. The smallest absolute Gasteiger partial charge is 0.198 e. The van der Waals surface area contributed by atoms with Gasteiger partial charge in [-0.3, -0.25) is 4.99 Å². The fourth-order valence-electron chi connectivity index (χ4n) is 4.42. The molecule has 0 amide bonds. The third-order valence-corrected chi connectivity index (χ3v) is 6.16. The summed E-state index contributed by atoms with van der Waals surface area (Å²) in [4.78, 5) is 7.49. The van der Waals surface area contributed by atoms with Crippen molar-refractivity contribution in [1.29, 1.82) is 0 Å². The second-order valence-corrected chi connectivity index (χ2v) is 7.82. The standard InChI is InChI=1S/C24H31N3O2.HI/c1-3-25-23(27-15-12-19-6-4-5-7-22(19)27)26-18-24(13-16-29-17-14-24)20-8-10-21(28-2)11-9-20;/h4-11H,3,12-18H2,1-2H3,(H,25,26);1H. The van der Waals surface area contributed by atoms with Crippen LogP contribution in [0.4, 0.5) is 5.69 Å². The van der Waals surface area contributed by atoms with Gasteiger partial charge in [0, 0.05) is 37.4 Å². The summed E-state index contributed by atoms with van der Waals surface area (Å²) in [6, 6.07) is 17.1. The summed E-state index contributed by atoms with van der Waals surface area (Å²) in [6.07, 6.45) is 3.04. The maximum absolute atomic E-state index is 5.69. The summed E-state index contributed by atoms with van der Waals surface area (Å²) in [5.41, 5.74) is 4.00. The SMILES string of the molecule is CCNC(=NCC1(c2ccc(OC)cc2)CCOCC1)N1CCc2ccccc21.I. The summed E-state index contributed by atoms with van der Waals surface area (Å²) in [6.45, 7) is 6.28. The molecule has 5 nitrogen and oxygen atoms in total. The minimum Gasteiger partial charge on any atom is -0.497 e. The molecule has 2 aliphatic heterocycles. The van der Waals surface area contributed by atoms with Crippen LogP contribution in [0.25, 0.3) is 0 Å². The van der Waals surface area contributed by atoms with Crippen LogP contribution in [0.1, 0.15) is 30.9 Å². The van der Waals surface area contributed by atoms with Gasteiger partial charge in [0.25, 0.3) is 0 Å². The Kier molecular flexibility index (Phi) is 7.99. The fourth-order valence-corrected chi connectivity index (χ4v) is 4.42. The van der Waals surface area contributed by atoms with Gasteiger partial charge in [-0.2, -0.15) is 0 Å². The van der Waals surface area contributed by atoms with Crippen LogP contribution >= 0.6 is 24.0 Å². The molecule has 0 saturated carbocycles. The Hall–Kier alpha value is -1.80. The number of hydrogen-bond acceptors (Lipinski definition) is 3. The van der Waals surface area contributed by atoms with Gasteiger partial charge in [0.1, 0.15) is 5.75 Å². The Bertz CT molecular complexity index is 848. The van der Waals surface area contributed by atoms with E-state index in [1.165, 1.54) is 16.8 Å². The van der Waals surface area contributed by atoms with Crippen molar-refractivity contribution in [3.8, 4) is 5.75 Å². The molecule has 0 spiro atoms. The number of para-hydroxylation sites is 1. The largest absolute Gasteiger partial charge is 0.497 e. The van der Waals surface area contributed by atoms with Crippen molar-refractivity contribution in [3.05, 3.63) is 59.7 Å². The number of rotatable bonds is 5. The Labute approximate surface area is 196 Å². The van der Waals surface area contributed by atoms with Crippen LogP contribution in [-0.4, -0.2) is 45.9 Å². The Morgan fingerprint density at radius 2 is 1.87 bits per heavy atom. The molecule has 6 heteroatoms. The number of nitrogens with one attached hydrogen (secondary N) is 1. The predicted molar refractivity (Wildman–Crippen MR) is 134 cm³/mol. The van der Waals surface area contributed by atoms with Crippen LogP contribution in [0.2, 0.25) is 0 Å². The first-order chi connectivity index (χ1) is 14.3. The maximum Gasteiger partial charge on any atom is 0.198 e. The summed E-state index contributed by atoms with van der Waals surface area (Å²) >= 11 is 0. The quantitative estimate of drug-likeness (QED) is 0.360. The van der Waals surface area contributed by atoms with Crippen molar-refractivity contribution in [2.75, 3.05) is 44.9 Å². The number of halogens is 1. The molecule has 2 aromatic carbocycles. The number of methoxy groups -OCH3 is 1. The highest BCUT2D eigenvalue weighted by Crippen LogP contribution is 2.36. The summed E-state index contributed by atoms with van der Waals surface area (Å²) in [5.74, 6) is 1.87. The highest BCUT2D eigenvalue weighted by molar-refractivity contribution is 14.0. The normalized spacial score (nSPS) is 17.8. The van der Waals surface area contributed by atoms with Gasteiger partial charge >= 0.3 is 0 Å². The predicted octanol–water partition coefficient (Wildman–Crippen LogP) is 4.39. The van der Waals surface area contributed by atoms with Crippen molar-refractivity contribution >= 4 is 35.6 Å². The number of anilines is 1. The molecular formula is C24H32IN3O2. The summed E-state index contributed by atoms with van der Waals surface area (Å²) < 4.78 is 11.0. The fraction of sp³-hybridized carbons (Fsp3) is 0.458. The number of aliphatic imine (C=N–C) groups is 1. The summed E-state index contributed by atoms with van der Waals surface area (Å²) in [7, 11) is 1.71. The molecular weight excluding hydrogens is 489 g/mol. The van der Waals surface area contributed by atoms with Crippen molar-refractivity contribution in [2.45, 2.75) is 31.6 Å². The van der Waals surface area contributed by atoms with Crippen molar-refractivity contribution in [2.24, 2.45) is 4.99 Å². The number of hydrogen-bond donors (Lipinski definition) is 1. The van der Waals surface area contributed by atoms with E-state index in [-0.39, 0.29) is 29.4 Å². The number of nitrogens with zero attached hydrogens (tertiary/aromatic N) is 2. The lowest BCUT2D eigenvalue weighted by molar-refractivity contribution is 0.0531. The zero-order valence-electron chi connectivity index (χ0n) is 17.9. The van der Waals surface area contributed by atoms with E-state index in [9.17, 15) is 0 Å². The lowest BCUT2D eigenvalue weighted by atomic mass is 9.74. The number of fused-ring (bicyclic) bond motifs is 1. The number of ether oxygens (including phenoxy) is 2. The van der Waals surface area contributed by atoms with Gasteiger partial charge < -0.3 is 19.7 Å². The second kappa shape index (κ2) is 10.5. The molecule has 1 saturated heterocycles. The third-order valence-electron chi connectivity index (χ3n) is 6.16. The Morgan fingerprint density at radius 1 is 1.13 bits per heavy atom. The van der Waals surface area contributed by atoms with Crippen LogP contribution in [-0.2, 0) is 16.6 Å². The van der Waals surface area contributed by atoms with E-state index < -0.39 is 0 Å². The van der Waals surface area contributed by atoms with E-state index >= 15 is 0 Å². The molecule has 162 valence electrons. The Balaban J connectivity index is 0.00000256. The van der Waals surface area contributed by atoms with Crippen LogP contribution < -0.4 is 15.0 Å². The monoisotopic (exact) mass is 521 g/mol. The van der Waals surface area contributed by atoms with Crippen LogP contribution in [0.3, 0.4) is 0 Å². The van der Waals surface area contributed by atoms with Crippen molar-refractivity contribution < 1.29 is 9.47 Å². The van der Waals surface area contributed by atoms with Gasteiger partial charge in [0.2, 0.25) is 0 Å². The molecule has 1 fully saturated rings. The average molecular weight is 521 g/mol. The van der Waals surface area contributed by atoms with Crippen LogP contribution in [0.15, 0.2) is 53.5 Å². The molecule has 4 rings (SSSR count). The van der Waals surface area contributed by atoms with E-state index in [4.69, 9.17) is 14.5 Å². The first kappa shape index (κ1) is 22.9. The zero-order chi connectivity index (χ0) is 20.1. The molecule has 0 atom stereocenters. The molecule has 30 heavy (non-hydrogen) atoms. The van der Waals surface area contributed by atoms with Crippen LogP contribution in [0.5, 0.6) is 5.75 Å². The highest BCUT2D eigenvalue weighted by atomic mass is 127. The minimum atomic E-state index is 0.